The summed E-state index contributed by atoms with van der Waals surface area (Å²) < 4.78 is 9.45. The predicted molar refractivity (Wildman–Crippen MR) is 35.2 cm³/mol. The lowest BCUT2D eigenvalue weighted by molar-refractivity contribution is 0.0568. The summed E-state index contributed by atoms with van der Waals surface area (Å²) in [5.41, 5.74) is 0. The molecule has 1 aliphatic carbocycles. The van der Waals surface area contributed by atoms with E-state index in [1.165, 1.54) is 0 Å². The van der Waals surface area contributed by atoms with E-state index in [9.17, 15) is 4.79 Å². The van der Waals surface area contributed by atoms with E-state index < -0.39 is 6.16 Å². The fourth-order valence-electron chi connectivity index (χ4n) is 0.513. The van der Waals surface area contributed by atoms with E-state index >= 15 is 0 Å². The van der Waals surface area contributed by atoms with E-state index in [2.05, 4.69) is 4.74 Å². The van der Waals surface area contributed by atoms with E-state index in [-0.39, 0.29) is 6.10 Å². The number of hydrogen-bond acceptors (Lipinski definition) is 3. The molecule has 1 fully saturated rings. The average molecular weight is 143 g/mol. The van der Waals surface area contributed by atoms with Crippen LogP contribution in [0.1, 0.15) is 26.7 Å². The molecule has 0 spiro atoms. The van der Waals surface area contributed by atoms with Gasteiger partial charge in [0, 0.05) is 0 Å². The van der Waals surface area contributed by atoms with Gasteiger partial charge < -0.3 is 9.47 Å². The van der Waals surface area contributed by atoms with Crippen molar-refractivity contribution in [3.05, 3.63) is 6.10 Å². The number of ether oxygens (including phenoxy) is 2. The number of carbonyl (C=O) groups is 1. The molecule has 0 bridgehead atoms. The Hall–Kier alpha value is -0.730. The quantitative estimate of drug-likeness (QED) is 0.553. The summed E-state index contributed by atoms with van der Waals surface area (Å²) in [5.74, 6) is 0. The van der Waals surface area contributed by atoms with Crippen LogP contribution in [0.15, 0.2) is 0 Å². The van der Waals surface area contributed by atoms with Crippen LogP contribution in [-0.2, 0) is 9.47 Å². The molecule has 0 amide bonds. The van der Waals surface area contributed by atoms with Crippen LogP contribution in [0, 0.1) is 6.10 Å². The van der Waals surface area contributed by atoms with Crippen molar-refractivity contribution in [2.24, 2.45) is 0 Å². The van der Waals surface area contributed by atoms with Crippen LogP contribution >= 0.6 is 0 Å². The van der Waals surface area contributed by atoms with Gasteiger partial charge in [0.1, 0.15) is 12.2 Å². The summed E-state index contributed by atoms with van der Waals surface area (Å²) in [6.07, 6.45) is 2.15. The van der Waals surface area contributed by atoms with Gasteiger partial charge in [-0.15, -0.1) is 0 Å². The van der Waals surface area contributed by atoms with Gasteiger partial charge in [-0.2, -0.15) is 0 Å². The first-order chi connectivity index (χ1) is 4.68. The van der Waals surface area contributed by atoms with Crippen LogP contribution in [0.4, 0.5) is 4.79 Å². The van der Waals surface area contributed by atoms with Crippen LogP contribution in [0.3, 0.4) is 0 Å². The summed E-state index contributed by atoms with van der Waals surface area (Å²) >= 11 is 0. The first-order valence-electron chi connectivity index (χ1n) is 3.37. The first kappa shape index (κ1) is 7.38. The maximum Gasteiger partial charge on any atom is 0.509 e. The highest BCUT2D eigenvalue weighted by Gasteiger charge is 2.27. The summed E-state index contributed by atoms with van der Waals surface area (Å²) in [7, 11) is 0. The molecule has 57 valence electrons. The molecule has 0 atom stereocenters. The summed E-state index contributed by atoms with van der Waals surface area (Å²) in [5, 5.41) is 0. The van der Waals surface area contributed by atoms with Crippen molar-refractivity contribution in [3.8, 4) is 0 Å². The minimum atomic E-state index is -0.567. The van der Waals surface area contributed by atoms with Gasteiger partial charge in [0.25, 0.3) is 0 Å². The van der Waals surface area contributed by atoms with E-state index in [0.717, 1.165) is 12.8 Å². The van der Waals surface area contributed by atoms with Crippen molar-refractivity contribution in [1.29, 1.82) is 0 Å². The highest BCUT2D eigenvalue weighted by Crippen LogP contribution is 2.24. The lowest BCUT2D eigenvalue weighted by atomic mass is 10.5. The van der Waals surface area contributed by atoms with Gasteiger partial charge in [0.15, 0.2) is 0 Å². The van der Waals surface area contributed by atoms with Gasteiger partial charge in [-0.05, 0) is 26.7 Å². The lowest BCUT2D eigenvalue weighted by Crippen LogP contribution is -2.09. The van der Waals surface area contributed by atoms with Crippen LogP contribution < -0.4 is 0 Å². The fraction of sp³-hybridized carbons (Fsp3) is 0.714. The van der Waals surface area contributed by atoms with Crippen molar-refractivity contribution >= 4 is 6.16 Å². The van der Waals surface area contributed by atoms with E-state index in [1.807, 2.05) is 0 Å². The van der Waals surface area contributed by atoms with E-state index in [4.69, 9.17) is 4.74 Å². The Bertz CT molecular complexity index is 121. The van der Waals surface area contributed by atoms with Gasteiger partial charge in [-0.25, -0.2) is 4.79 Å². The van der Waals surface area contributed by atoms with Gasteiger partial charge in [-0.1, -0.05) is 0 Å². The molecule has 0 N–H and O–H groups in total. The zero-order valence-corrected chi connectivity index (χ0v) is 6.22. The molecule has 3 heteroatoms. The molecule has 0 unspecified atom stereocenters. The Labute approximate surface area is 60.3 Å². The largest absolute Gasteiger partial charge is 0.509 e. The van der Waals surface area contributed by atoms with E-state index in [0.29, 0.717) is 6.10 Å². The SMILES string of the molecule is C[C](C)OC(=O)OC1CC1. The zero-order chi connectivity index (χ0) is 7.56. The average Bonchev–Trinajstić information content (AvgIpc) is 2.46. The normalized spacial score (nSPS) is 17.1. The van der Waals surface area contributed by atoms with Crippen molar-refractivity contribution in [3.63, 3.8) is 0 Å². The fourth-order valence-corrected chi connectivity index (χ4v) is 0.513. The molecule has 1 rings (SSSR count). The minimum absolute atomic E-state index is 0.131. The third-order valence-electron chi connectivity index (χ3n) is 1.07. The second-order valence-electron chi connectivity index (χ2n) is 2.58. The number of hydrogen-bond donors (Lipinski definition) is 0. The molecule has 1 aliphatic rings. The predicted octanol–water partition coefficient (Wildman–Crippen LogP) is 1.87. The van der Waals surface area contributed by atoms with Crippen molar-refractivity contribution in [2.75, 3.05) is 0 Å². The third kappa shape index (κ3) is 2.71. The van der Waals surface area contributed by atoms with Gasteiger partial charge in [-0.3, -0.25) is 0 Å². The molecule has 0 saturated heterocycles. The Balaban J connectivity index is 2.08. The lowest BCUT2D eigenvalue weighted by Gasteiger charge is -2.05. The van der Waals surface area contributed by atoms with Crippen LogP contribution in [0.5, 0.6) is 0 Å². The molecule has 3 nitrogen and oxygen atoms in total. The Kier molecular flexibility index (Phi) is 2.14. The van der Waals surface area contributed by atoms with Crippen molar-refractivity contribution in [1.82, 2.24) is 0 Å². The monoisotopic (exact) mass is 143 g/mol. The molecule has 0 aromatic heterocycles. The molecule has 0 aromatic rings. The molecule has 0 heterocycles. The first-order valence-corrected chi connectivity index (χ1v) is 3.37. The summed E-state index contributed by atoms with van der Waals surface area (Å²) in [6.45, 7) is 3.43. The summed E-state index contributed by atoms with van der Waals surface area (Å²) in [6, 6.07) is 0. The Morgan fingerprint density at radius 1 is 1.40 bits per heavy atom. The topological polar surface area (TPSA) is 35.5 Å². The van der Waals surface area contributed by atoms with Gasteiger partial charge in [0.2, 0.25) is 0 Å². The van der Waals surface area contributed by atoms with Crippen LogP contribution in [-0.4, -0.2) is 12.3 Å². The maximum atomic E-state index is 10.6. The second kappa shape index (κ2) is 2.90. The van der Waals surface area contributed by atoms with Gasteiger partial charge >= 0.3 is 6.16 Å². The molecule has 0 aromatic carbocycles. The van der Waals surface area contributed by atoms with Crippen LogP contribution in [0.25, 0.3) is 0 Å². The highest BCUT2D eigenvalue weighted by molar-refractivity contribution is 5.61. The highest BCUT2D eigenvalue weighted by atomic mass is 16.7. The Morgan fingerprint density at radius 2 is 2.00 bits per heavy atom. The molecule has 0 aliphatic heterocycles. The molecule has 1 radical (unpaired) electrons. The molecule has 1 saturated carbocycles. The molecule has 10 heavy (non-hydrogen) atoms. The summed E-state index contributed by atoms with van der Waals surface area (Å²) in [4.78, 5) is 10.6. The molecular formula is C7H11O3. The van der Waals surface area contributed by atoms with Gasteiger partial charge in [0.05, 0.1) is 0 Å². The van der Waals surface area contributed by atoms with E-state index in [1.54, 1.807) is 13.8 Å². The standard InChI is InChI=1S/C7H11O3/c1-5(2)9-7(8)10-6-3-4-6/h6H,3-4H2,1-2H3. The van der Waals surface area contributed by atoms with Crippen molar-refractivity contribution in [2.45, 2.75) is 32.8 Å². The third-order valence-corrected chi connectivity index (χ3v) is 1.07. The number of rotatable bonds is 2. The Morgan fingerprint density at radius 3 is 2.40 bits per heavy atom. The van der Waals surface area contributed by atoms with Crippen molar-refractivity contribution < 1.29 is 14.3 Å². The van der Waals surface area contributed by atoms with Crippen LogP contribution in [0.2, 0.25) is 0 Å². The zero-order valence-electron chi connectivity index (χ0n) is 6.22. The maximum absolute atomic E-state index is 10.6. The molecular weight excluding hydrogens is 132 g/mol. The second-order valence-corrected chi connectivity index (χ2v) is 2.58. The minimum Gasteiger partial charge on any atom is -0.431 e. The number of carbonyl (C=O) groups excluding carboxylic acids is 1. The smallest absolute Gasteiger partial charge is 0.431 e.